The van der Waals surface area contributed by atoms with E-state index in [9.17, 15) is 30.3 Å². The summed E-state index contributed by atoms with van der Waals surface area (Å²) in [4.78, 5) is 13.2. The van der Waals surface area contributed by atoms with Gasteiger partial charge in [0.2, 0.25) is 5.91 Å². The van der Waals surface area contributed by atoms with E-state index in [1.165, 1.54) is 347 Å². The molecular formula is C82H157NO8. The van der Waals surface area contributed by atoms with Gasteiger partial charge in [-0.3, -0.25) is 4.79 Å². The fraction of sp³-hybridized carbons (Fsp3) is 0.915. The van der Waals surface area contributed by atoms with Crippen molar-refractivity contribution in [2.24, 2.45) is 0 Å². The van der Waals surface area contributed by atoms with Gasteiger partial charge in [-0.1, -0.05) is 403 Å². The minimum absolute atomic E-state index is 0.132. The Bertz CT molecular complexity index is 1540. The zero-order valence-corrected chi connectivity index (χ0v) is 60.6. The molecule has 7 atom stereocenters. The summed E-state index contributed by atoms with van der Waals surface area (Å²) in [6.07, 6.45) is 89.8. The molecule has 1 aliphatic heterocycles. The first kappa shape index (κ1) is 87.4. The van der Waals surface area contributed by atoms with Crippen molar-refractivity contribution in [3.8, 4) is 0 Å². The minimum atomic E-state index is -1.55. The van der Waals surface area contributed by atoms with Gasteiger partial charge in [-0.25, -0.2) is 0 Å². The van der Waals surface area contributed by atoms with Crippen molar-refractivity contribution in [1.82, 2.24) is 5.32 Å². The van der Waals surface area contributed by atoms with Gasteiger partial charge in [0.1, 0.15) is 24.4 Å². The van der Waals surface area contributed by atoms with Crippen LogP contribution in [0.5, 0.6) is 0 Å². The summed E-state index contributed by atoms with van der Waals surface area (Å²) in [5.41, 5.74) is 0. The molecule has 0 aromatic carbocycles. The minimum Gasteiger partial charge on any atom is -0.394 e. The van der Waals surface area contributed by atoms with Crippen molar-refractivity contribution in [3.63, 3.8) is 0 Å². The summed E-state index contributed by atoms with van der Waals surface area (Å²) in [5, 5.41) is 55.1. The predicted octanol–water partition coefficient (Wildman–Crippen LogP) is 23.3. The topological polar surface area (TPSA) is 149 Å². The number of aliphatic hydroxyl groups is 5. The van der Waals surface area contributed by atoms with Gasteiger partial charge < -0.3 is 40.3 Å². The molecule has 0 aromatic rings. The number of allylic oxidation sites excluding steroid dienone is 6. The molecule has 1 fully saturated rings. The maximum Gasteiger partial charge on any atom is 0.220 e. The standard InChI is InChI=1S/C82H157NO8/c1-3-5-7-9-11-13-15-17-19-21-23-25-27-29-31-32-33-34-35-36-37-38-39-40-41-42-43-44-46-48-50-52-54-56-58-60-62-64-66-68-70-72-78(86)83-75(74-90-82-81(89)80(88)79(87)77(73-84)91-82)76(85)71-69-67-65-63-61-59-57-55-53-51-49-47-45-30-28-26-24-22-20-18-16-14-12-10-8-6-4-2/h15,17,21,23,27,29,75-77,79-82,84-85,87-89H,3-14,16,18-20,22,24-26,28,30-74H2,1-2H3,(H,83,86)/b17-15-,23-21-,29-27-. The van der Waals surface area contributed by atoms with E-state index < -0.39 is 49.5 Å². The molecule has 0 aliphatic carbocycles. The van der Waals surface area contributed by atoms with Crippen LogP contribution in [0, 0.1) is 0 Å². The third-order valence-corrected chi connectivity index (χ3v) is 19.7. The molecule has 9 heteroatoms. The summed E-state index contributed by atoms with van der Waals surface area (Å²) < 4.78 is 11.4. The molecule has 9 nitrogen and oxygen atoms in total. The SMILES string of the molecule is CCCCCCC/C=C\C/C=C\C/C=C\CCCCCCCCCCCCCCCCCCCCCCCCCCCCC(=O)NC(COC1OC(CO)C(O)C(O)C1O)C(O)CCCCCCCCCCCCCCCCCCCCCCCCCCCCC. The maximum atomic E-state index is 13.2. The van der Waals surface area contributed by atoms with Gasteiger partial charge in [-0.15, -0.1) is 0 Å². The van der Waals surface area contributed by atoms with Crippen molar-refractivity contribution in [3.05, 3.63) is 36.5 Å². The Kier molecular flexibility index (Phi) is 68.4. The number of aliphatic hydroxyl groups excluding tert-OH is 5. The van der Waals surface area contributed by atoms with Crippen molar-refractivity contribution in [2.75, 3.05) is 13.2 Å². The van der Waals surface area contributed by atoms with Crippen LogP contribution in [0.4, 0.5) is 0 Å². The lowest BCUT2D eigenvalue weighted by Gasteiger charge is -2.40. The van der Waals surface area contributed by atoms with Crippen LogP contribution in [0.2, 0.25) is 0 Å². The van der Waals surface area contributed by atoms with Crippen molar-refractivity contribution in [1.29, 1.82) is 0 Å². The number of rotatable bonds is 73. The van der Waals surface area contributed by atoms with Crippen molar-refractivity contribution >= 4 is 5.91 Å². The van der Waals surface area contributed by atoms with Crippen LogP contribution in [0.1, 0.15) is 425 Å². The van der Waals surface area contributed by atoms with Crippen LogP contribution in [0.3, 0.4) is 0 Å². The van der Waals surface area contributed by atoms with E-state index in [-0.39, 0.29) is 12.5 Å². The Balaban J connectivity index is 2.02. The second-order valence-electron chi connectivity index (χ2n) is 28.6. The highest BCUT2D eigenvalue weighted by molar-refractivity contribution is 5.76. The molecule has 0 radical (unpaired) electrons. The summed E-state index contributed by atoms with van der Waals surface area (Å²) in [7, 11) is 0. The molecule has 0 saturated carbocycles. The Morgan fingerprint density at radius 1 is 0.374 bits per heavy atom. The number of unbranched alkanes of at least 4 members (excludes halogenated alkanes) is 57. The highest BCUT2D eigenvalue weighted by Gasteiger charge is 2.44. The van der Waals surface area contributed by atoms with Crippen LogP contribution in [-0.2, 0) is 14.3 Å². The molecule has 0 aromatic heterocycles. The van der Waals surface area contributed by atoms with Crippen LogP contribution >= 0.6 is 0 Å². The average Bonchev–Trinajstić information content (AvgIpc) is 1.58. The van der Waals surface area contributed by atoms with E-state index in [2.05, 4.69) is 55.6 Å². The molecule has 1 rings (SSSR count). The lowest BCUT2D eigenvalue weighted by Crippen LogP contribution is -2.60. The highest BCUT2D eigenvalue weighted by Crippen LogP contribution is 2.24. The van der Waals surface area contributed by atoms with Crippen LogP contribution in [-0.4, -0.2) is 87.5 Å². The van der Waals surface area contributed by atoms with Gasteiger partial charge in [-0.05, 0) is 51.4 Å². The van der Waals surface area contributed by atoms with Gasteiger partial charge in [0.05, 0.1) is 25.4 Å². The van der Waals surface area contributed by atoms with E-state index in [0.29, 0.717) is 12.8 Å². The summed E-state index contributed by atoms with van der Waals surface area (Å²) in [5.74, 6) is -0.134. The number of carbonyl (C=O) groups excluding carboxylic acids is 1. The molecule has 6 N–H and O–H groups in total. The third-order valence-electron chi connectivity index (χ3n) is 19.7. The van der Waals surface area contributed by atoms with E-state index in [1.54, 1.807) is 0 Å². The van der Waals surface area contributed by atoms with Crippen LogP contribution < -0.4 is 5.32 Å². The van der Waals surface area contributed by atoms with Gasteiger partial charge in [0.25, 0.3) is 0 Å². The number of hydrogen-bond donors (Lipinski definition) is 6. The molecule has 1 heterocycles. The molecule has 538 valence electrons. The Morgan fingerprint density at radius 2 is 0.648 bits per heavy atom. The normalized spacial score (nSPS) is 17.8. The monoisotopic (exact) mass is 1280 g/mol. The largest absolute Gasteiger partial charge is 0.394 e. The number of nitrogens with one attached hydrogen (secondary N) is 1. The zero-order chi connectivity index (χ0) is 65.7. The second-order valence-corrected chi connectivity index (χ2v) is 28.6. The lowest BCUT2D eigenvalue weighted by molar-refractivity contribution is -0.302. The van der Waals surface area contributed by atoms with Gasteiger partial charge in [0, 0.05) is 6.42 Å². The highest BCUT2D eigenvalue weighted by atomic mass is 16.7. The van der Waals surface area contributed by atoms with Gasteiger partial charge in [-0.2, -0.15) is 0 Å². The van der Waals surface area contributed by atoms with Crippen molar-refractivity contribution in [2.45, 2.75) is 468 Å². The van der Waals surface area contributed by atoms with Gasteiger partial charge >= 0.3 is 0 Å². The fourth-order valence-electron chi connectivity index (χ4n) is 13.4. The third kappa shape index (κ3) is 59.4. The number of hydrogen-bond acceptors (Lipinski definition) is 8. The van der Waals surface area contributed by atoms with E-state index in [0.717, 1.165) is 51.4 Å². The Hall–Kier alpha value is -1.59. The van der Waals surface area contributed by atoms with Gasteiger partial charge in [0.15, 0.2) is 6.29 Å². The fourth-order valence-corrected chi connectivity index (χ4v) is 13.4. The number of carbonyl (C=O) groups is 1. The Labute approximate surface area is 565 Å². The van der Waals surface area contributed by atoms with Crippen LogP contribution in [0.15, 0.2) is 36.5 Å². The molecule has 0 spiro atoms. The first-order valence-electron chi connectivity index (χ1n) is 40.7. The van der Waals surface area contributed by atoms with E-state index >= 15 is 0 Å². The average molecular weight is 1290 g/mol. The molecule has 1 amide bonds. The quantitative estimate of drug-likeness (QED) is 0.0261. The molecule has 1 aliphatic rings. The predicted molar refractivity (Wildman–Crippen MR) is 392 cm³/mol. The first-order chi connectivity index (χ1) is 44.8. The first-order valence-corrected chi connectivity index (χ1v) is 40.7. The number of amides is 1. The number of ether oxygens (including phenoxy) is 2. The summed E-state index contributed by atoms with van der Waals surface area (Å²) in [6, 6.07) is -0.719. The lowest BCUT2D eigenvalue weighted by atomic mass is 9.99. The molecular weight excluding hydrogens is 1130 g/mol. The molecule has 1 saturated heterocycles. The molecule has 91 heavy (non-hydrogen) atoms. The second kappa shape index (κ2) is 71.2. The van der Waals surface area contributed by atoms with Crippen molar-refractivity contribution < 1.29 is 39.8 Å². The molecule has 7 unspecified atom stereocenters. The molecule has 0 bridgehead atoms. The zero-order valence-electron chi connectivity index (χ0n) is 60.6. The summed E-state index contributed by atoms with van der Waals surface area (Å²) >= 11 is 0. The van der Waals surface area contributed by atoms with E-state index in [4.69, 9.17) is 9.47 Å². The maximum absolute atomic E-state index is 13.2. The van der Waals surface area contributed by atoms with Crippen LogP contribution in [0.25, 0.3) is 0 Å². The van der Waals surface area contributed by atoms with E-state index in [1.807, 2.05) is 0 Å². The smallest absolute Gasteiger partial charge is 0.220 e. The summed E-state index contributed by atoms with van der Waals surface area (Å²) in [6.45, 7) is 3.89. The Morgan fingerprint density at radius 3 is 0.956 bits per heavy atom.